The van der Waals surface area contributed by atoms with Crippen molar-refractivity contribution in [3.63, 3.8) is 0 Å². The second kappa shape index (κ2) is 9.35. The van der Waals surface area contributed by atoms with Crippen molar-refractivity contribution in [2.24, 2.45) is 0 Å². The van der Waals surface area contributed by atoms with E-state index in [1.54, 1.807) is 24.3 Å². The van der Waals surface area contributed by atoms with Crippen LogP contribution in [0.25, 0.3) is 0 Å². The Morgan fingerprint density at radius 3 is 2.82 bits per heavy atom. The molecule has 33 heavy (non-hydrogen) atoms. The molecule has 1 unspecified atom stereocenters. The maximum Gasteiger partial charge on any atom is 0.319 e. The molecule has 1 heterocycles. The summed E-state index contributed by atoms with van der Waals surface area (Å²) in [5.74, 6) is -0.930. The van der Waals surface area contributed by atoms with Gasteiger partial charge in [0.05, 0.1) is 6.04 Å². The van der Waals surface area contributed by atoms with Crippen LogP contribution in [0.3, 0.4) is 0 Å². The summed E-state index contributed by atoms with van der Waals surface area (Å²) < 4.78 is 14.7. The number of nitrogens with one attached hydrogen (secondary N) is 2. The number of allylic oxidation sites excluding steroid dienone is 1. The first kappa shape index (κ1) is 23.0. The lowest BCUT2D eigenvalue weighted by Crippen LogP contribution is -2.40. The van der Waals surface area contributed by atoms with Crippen LogP contribution < -0.4 is 10.6 Å². The van der Waals surface area contributed by atoms with E-state index < -0.39 is 17.9 Å². The number of rotatable bonds is 4. The number of fused-ring (bicyclic) bond motifs is 1. The molecule has 1 fully saturated rings. The molecule has 2 aromatic carbocycles. The number of Topliss-reactive ketones (excluding diaryl/α,β-unsaturated/α-hetero) is 1. The number of carbonyl (C=O) groups excluding carboxylic acids is 3. The van der Waals surface area contributed by atoms with E-state index in [4.69, 9.17) is 11.6 Å². The maximum atomic E-state index is 14.7. The number of halogens is 2. The lowest BCUT2D eigenvalue weighted by Gasteiger charge is -2.25. The van der Waals surface area contributed by atoms with Crippen LogP contribution in [0.5, 0.6) is 0 Å². The average molecular weight is 470 g/mol. The Morgan fingerprint density at radius 1 is 1.27 bits per heavy atom. The van der Waals surface area contributed by atoms with Crippen LogP contribution in [0.4, 0.5) is 14.9 Å². The lowest BCUT2D eigenvalue weighted by molar-refractivity contribution is -0.122. The Labute approximate surface area is 196 Å². The van der Waals surface area contributed by atoms with Crippen LogP contribution in [-0.2, 0) is 17.9 Å². The number of benzene rings is 2. The molecule has 172 valence electrons. The minimum Gasteiger partial charge on any atom is -0.334 e. The summed E-state index contributed by atoms with van der Waals surface area (Å²) in [5, 5.41) is 5.81. The van der Waals surface area contributed by atoms with E-state index in [1.807, 2.05) is 6.92 Å². The third-order valence-corrected chi connectivity index (χ3v) is 6.56. The second-order valence-corrected chi connectivity index (χ2v) is 9.01. The zero-order chi connectivity index (χ0) is 23.7. The van der Waals surface area contributed by atoms with Crippen LogP contribution in [0, 0.1) is 12.7 Å². The molecule has 4 rings (SSSR count). The highest BCUT2D eigenvalue weighted by atomic mass is 35.5. The second-order valence-electron chi connectivity index (χ2n) is 8.61. The predicted molar refractivity (Wildman–Crippen MR) is 125 cm³/mol. The van der Waals surface area contributed by atoms with Crippen LogP contribution in [0.15, 0.2) is 42.5 Å². The molecule has 6 nitrogen and oxygen atoms in total. The largest absolute Gasteiger partial charge is 0.334 e. The number of carbonyl (C=O) groups is 3. The van der Waals surface area contributed by atoms with E-state index in [1.165, 1.54) is 11.0 Å². The predicted octanol–water partition coefficient (Wildman–Crippen LogP) is 5.13. The van der Waals surface area contributed by atoms with Gasteiger partial charge in [-0.1, -0.05) is 29.8 Å². The fourth-order valence-corrected chi connectivity index (χ4v) is 4.49. The Kier molecular flexibility index (Phi) is 6.51. The van der Waals surface area contributed by atoms with E-state index in [0.29, 0.717) is 22.7 Å². The minimum atomic E-state index is -0.580. The fraction of sp³-hybridized carbons (Fsp3) is 0.320. The molecule has 2 aromatic rings. The van der Waals surface area contributed by atoms with Gasteiger partial charge in [0.1, 0.15) is 5.82 Å². The number of hydrogen-bond acceptors (Lipinski definition) is 3. The van der Waals surface area contributed by atoms with E-state index in [0.717, 1.165) is 24.0 Å². The van der Waals surface area contributed by atoms with Gasteiger partial charge in [-0.3, -0.25) is 9.59 Å². The zero-order valence-electron chi connectivity index (χ0n) is 18.3. The molecule has 2 N–H and O–H groups in total. The highest BCUT2D eigenvalue weighted by Gasteiger charge is 2.37. The Bertz CT molecular complexity index is 1160. The highest BCUT2D eigenvalue weighted by molar-refractivity contribution is 6.31. The number of aryl methyl sites for hydroxylation is 1. The molecule has 1 saturated carbocycles. The molecular weight excluding hydrogens is 445 g/mol. The molecule has 1 aliphatic heterocycles. The Balaban J connectivity index is 1.43. The quantitative estimate of drug-likeness (QED) is 0.481. The topological polar surface area (TPSA) is 78.5 Å². The van der Waals surface area contributed by atoms with Gasteiger partial charge in [-0.15, -0.1) is 0 Å². The number of anilines is 1. The molecular formula is C25H25ClFN3O3. The normalized spacial score (nSPS) is 18.2. The van der Waals surface area contributed by atoms with Gasteiger partial charge >= 0.3 is 6.03 Å². The molecule has 0 spiro atoms. The standard InChI is InChI=1S/C25H25ClFN3O3/c1-14-4-3-5-22(23(31)8-14)30-13-17-9-16(21(27)11-19(17)24(30)32)12-28-25(33)29-18-7-6-15(2)20(26)10-18/h6-7,9-11,22H,1,3-5,8,12-13H2,2H3,(H2,28,29,33). The van der Waals surface area contributed by atoms with Crippen molar-refractivity contribution in [2.75, 3.05) is 5.32 Å². The summed E-state index contributed by atoms with van der Waals surface area (Å²) in [4.78, 5) is 39.3. The van der Waals surface area contributed by atoms with Gasteiger partial charge in [0.2, 0.25) is 0 Å². The van der Waals surface area contributed by atoms with Gasteiger partial charge in [0.25, 0.3) is 5.91 Å². The molecule has 0 radical (unpaired) electrons. The van der Waals surface area contributed by atoms with Crippen molar-refractivity contribution in [1.82, 2.24) is 10.2 Å². The highest BCUT2D eigenvalue weighted by Crippen LogP contribution is 2.31. The summed E-state index contributed by atoms with van der Waals surface area (Å²) in [5.41, 5.74) is 3.49. The summed E-state index contributed by atoms with van der Waals surface area (Å²) in [7, 11) is 0. The maximum absolute atomic E-state index is 14.7. The zero-order valence-corrected chi connectivity index (χ0v) is 19.1. The van der Waals surface area contributed by atoms with Gasteiger partial charge in [-0.2, -0.15) is 0 Å². The van der Waals surface area contributed by atoms with Crippen molar-refractivity contribution in [2.45, 2.75) is 51.7 Å². The first-order valence-corrected chi connectivity index (χ1v) is 11.2. The number of urea groups is 1. The monoisotopic (exact) mass is 469 g/mol. The first-order chi connectivity index (χ1) is 15.7. The summed E-state index contributed by atoms with van der Waals surface area (Å²) in [6.07, 6.45) is 2.42. The molecule has 0 saturated heterocycles. The van der Waals surface area contributed by atoms with Gasteiger partial charge in [0, 0.05) is 41.3 Å². The molecule has 8 heteroatoms. The third-order valence-electron chi connectivity index (χ3n) is 6.15. The Hall–Kier alpha value is -3.19. The van der Waals surface area contributed by atoms with E-state index in [9.17, 15) is 18.8 Å². The number of amides is 3. The van der Waals surface area contributed by atoms with Crippen LogP contribution in [-0.4, -0.2) is 28.7 Å². The van der Waals surface area contributed by atoms with Crippen molar-refractivity contribution in [3.05, 3.63) is 75.6 Å². The van der Waals surface area contributed by atoms with E-state index >= 15 is 0 Å². The third kappa shape index (κ3) is 4.93. The lowest BCUT2D eigenvalue weighted by atomic mass is 10.1. The molecule has 0 aromatic heterocycles. The van der Waals surface area contributed by atoms with Gasteiger partial charge in [-0.05, 0) is 61.6 Å². The first-order valence-electron chi connectivity index (χ1n) is 10.9. The number of hydrogen-bond donors (Lipinski definition) is 2. The average Bonchev–Trinajstić information content (AvgIpc) is 2.96. The van der Waals surface area contributed by atoms with Crippen molar-refractivity contribution in [3.8, 4) is 0 Å². The summed E-state index contributed by atoms with van der Waals surface area (Å²) >= 11 is 6.07. The van der Waals surface area contributed by atoms with Gasteiger partial charge in [-0.25, -0.2) is 9.18 Å². The summed E-state index contributed by atoms with van der Waals surface area (Å²) in [6.45, 7) is 5.97. The minimum absolute atomic E-state index is 0.0195. The molecule has 3 amide bonds. The van der Waals surface area contributed by atoms with E-state index in [-0.39, 0.29) is 42.3 Å². The van der Waals surface area contributed by atoms with Crippen LogP contribution in [0.1, 0.15) is 52.7 Å². The van der Waals surface area contributed by atoms with Crippen molar-refractivity contribution >= 4 is 35.0 Å². The van der Waals surface area contributed by atoms with Gasteiger partial charge in [0.15, 0.2) is 5.78 Å². The SMILES string of the molecule is C=C1CCCC(N2Cc3cc(CNC(=O)Nc4ccc(C)c(Cl)c4)c(F)cc3C2=O)C(=O)C1. The molecule has 2 aliphatic rings. The smallest absolute Gasteiger partial charge is 0.319 e. The van der Waals surface area contributed by atoms with E-state index in [2.05, 4.69) is 17.2 Å². The fourth-order valence-electron chi connectivity index (χ4n) is 4.31. The molecule has 1 atom stereocenters. The molecule has 1 aliphatic carbocycles. The van der Waals surface area contributed by atoms with Gasteiger partial charge < -0.3 is 15.5 Å². The van der Waals surface area contributed by atoms with Crippen LogP contribution in [0.2, 0.25) is 5.02 Å². The Morgan fingerprint density at radius 2 is 2.06 bits per heavy atom. The van der Waals surface area contributed by atoms with Crippen molar-refractivity contribution < 1.29 is 18.8 Å². The number of ketones is 1. The summed E-state index contributed by atoms with van der Waals surface area (Å²) in [6, 6.07) is 6.92. The number of nitrogens with zero attached hydrogens (tertiary/aromatic N) is 1. The van der Waals surface area contributed by atoms with Crippen molar-refractivity contribution in [1.29, 1.82) is 0 Å². The van der Waals surface area contributed by atoms with Crippen LogP contribution >= 0.6 is 11.6 Å². The molecule has 0 bridgehead atoms.